The number of nitrogens with one attached hydrogen (secondary N) is 1. The van der Waals surface area contributed by atoms with E-state index in [1.807, 2.05) is 0 Å². The van der Waals surface area contributed by atoms with Crippen LogP contribution in [0.2, 0.25) is 0 Å². The fourth-order valence-electron chi connectivity index (χ4n) is 1.27. The van der Waals surface area contributed by atoms with E-state index in [0.29, 0.717) is 11.4 Å². The maximum absolute atomic E-state index is 11.6. The standard InChI is InChI=1S/C10H14N2O3S2/c1-7-5-8(15-2)3-4-9(7)12-17(13,14)6-10(11)16/h3-5,12H,6H2,1-2H3,(H2,11,16). The molecule has 0 spiro atoms. The molecule has 0 aliphatic rings. The number of ether oxygens (including phenoxy) is 1. The smallest absolute Gasteiger partial charge is 0.239 e. The van der Waals surface area contributed by atoms with Gasteiger partial charge in [0.05, 0.1) is 17.8 Å². The molecule has 1 rings (SSSR count). The van der Waals surface area contributed by atoms with Gasteiger partial charge >= 0.3 is 0 Å². The van der Waals surface area contributed by atoms with E-state index in [1.165, 1.54) is 0 Å². The average molecular weight is 274 g/mol. The predicted octanol–water partition coefficient (Wildman–Crippen LogP) is 1.03. The first-order valence-corrected chi connectivity index (χ1v) is 6.83. The number of hydrogen-bond acceptors (Lipinski definition) is 4. The Balaban J connectivity index is 2.92. The summed E-state index contributed by atoms with van der Waals surface area (Å²) in [6.07, 6.45) is 0. The van der Waals surface area contributed by atoms with Crippen molar-refractivity contribution in [3.63, 3.8) is 0 Å². The van der Waals surface area contributed by atoms with Gasteiger partial charge in [-0.15, -0.1) is 0 Å². The van der Waals surface area contributed by atoms with Crippen LogP contribution in [-0.4, -0.2) is 26.3 Å². The quantitative estimate of drug-likeness (QED) is 0.784. The van der Waals surface area contributed by atoms with E-state index in [0.717, 1.165) is 5.56 Å². The molecule has 5 nitrogen and oxygen atoms in total. The number of benzene rings is 1. The Labute approximate surface area is 106 Å². The molecular formula is C10H14N2O3S2. The zero-order chi connectivity index (χ0) is 13.1. The van der Waals surface area contributed by atoms with Gasteiger partial charge in [-0.3, -0.25) is 4.72 Å². The first kappa shape index (κ1) is 13.7. The molecule has 17 heavy (non-hydrogen) atoms. The lowest BCUT2D eigenvalue weighted by atomic mass is 10.2. The summed E-state index contributed by atoms with van der Waals surface area (Å²) >= 11 is 4.57. The molecular weight excluding hydrogens is 260 g/mol. The summed E-state index contributed by atoms with van der Waals surface area (Å²) in [6.45, 7) is 1.78. The van der Waals surface area contributed by atoms with Crippen molar-refractivity contribution in [1.82, 2.24) is 0 Å². The summed E-state index contributed by atoms with van der Waals surface area (Å²) in [7, 11) is -1.99. The monoisotopic (exact) mass is 274 g/mol. The number of sulfonamides is 1. The molecule has 3 N–H and O–H groups in total. The molecule has 1 aromatic carbocycles. The summed E-state index contributed by atoms with van der Waals surface area (Å²) in [5.74, 6) is 0.299. The molecule has 0 aromatic heterocycles. The number of anilines is 1. The summed E-state index contributed by atoms with van der Waals surface area (Å²) in [5.41, 5.74) is 6.46. The van der Waals surface area contributed by atoms with Crippen LogP contribution in [0.4, 0.5) is 5.69 Å². The van der Waals surface area contributed by atoms with Crippen molar-refractivity contribution in [2.24, 2.45) is 5.73 Å². The van der Waals surface area contributed by atoms with Crippen molar-refractivity contribution < 1.29 is 13.2 Å². The Morgan fingerprint density at radius 1 is 1.53 bits per heavy atom. The highest BCUT2D eigenvalue weighted by Crippen LogP contribution is 2.21. The molecule has 0 amide bonds. The highest BCUT2D eigenvalue weighted by atomic mass is 32.2. The first-order valence-electron chi connectivity index (χ1n) is 4.77. The van der Waals surface area contributed by atoms with Crippen molar-refractivity contribution in [2.75, 3.05) is 17.6 Å². The summed E-state index contributed by atoms with van der Waals surface area (Å²) < 4.78 is 30.7. The van der Waals surface area contributed by atoms with Gasteiger partial charge in [-0.2, -0.15) is 0 Å². The van der Waals surface area contributed by atoms with E-state index < -0.39 is 10.0 Å². The fourth-order valence-corrected chi connectivity index (χ4v) is 2.74. The van der Waals surface area contributed by atoms with Crippen LogP contribution in [0.15, 0.2) is 18.2 Å². The Hall–Kier alpha value is -1.34. The van der Waals surface area contributed by atoms with Gasteiger partial charge in [0.15, 0.2) is 0 Å². The Bertz CT molecular complexity index is 526. The van der Waals surface area contributed by atoms with Gasteiger partial charge in [0.1, 0.15) is 11.5 Å². The van der Waals surface area contributed by atoms with E-state index in [-0.39, 0.29) is 10.7 Å². The minimum atomic E-state index is -3.53. The third kappa shape index (κ3) is 4.20. The summed E-state index contributed by atoms with van der Waals surface area (Å²) in [6, 6.07) is 5.04. The lowest BCUT2D eigenvalue weighted by Crippen LogP contribution is -2.26. The van der Waals surface area contributed by atoms with Crippen LogP contribution >= 0.6 is 12.2 Å². The SMILES string of the molecule is COc1ccc(NS(=O)(=O)CC(N)=S)c(C)c1. The molecule has 0 fully saturated rings. The molecule has 0 aliphatic carbocycles. The van der Waals surface area contributed by atoms with Gasteiger partial charge in [0, 0.05) is 0 Å². The highest BCUT2D eigenvalue weighted by Gasteiger charge is 2.13. The highest BCUT2D eigenvalue weighted by molar-refractivity contribution is 7.95. The number of rotatable bonds is 5. The number of nitrogens with two attached hydrogens (primary N) is 1. The van der Waals surface area contributed by atoms with Crippen molar-refractivity contribution in [3.05, 3.63) is 23.8 Å². The van der Waals surface area contributed by atoms with Crippen molar-refractivity contribution in [3.8, 4) is 5.75 Å². The van der Waals surface area contributed by atoms with Gasteiger partial charge in [-0.25, -0.2) is 8.42 Å². The molecule has 0 saturated carbocycles. The molecule has 0 saturated heterocycles. The minimum absolute atomic E-state index is 0.0661. The van der Waals surface area contributed by atoms with Crippen molar-refractivity contribution >= 4 is 32.9 Å². The Morgan fingerprint density at radius 2 is 2.18 bits per heavy atom. The molecule has 0 bridgehead atoms. The van der Waals surface area contributed by atoms with Gasteiger partial charge in [0.2, 0.25) is 10.0 Å². The van der Waals surface area contributed by atoms with Gasteiger partial charge in [-0.05, 0) is 30.7 Å². The minimum Gasteiger partial charge on any atom is -0.497 e. The van der Waals surface area contributed by atoms with E-state index in [1.54, 1.807) is 32.2 Å². The molecule has 0 atom stereocenters. The predicted molar refractivity (Wildman–Crippen MR) is 71.9 cm³/mol. The summed E-state index contributed by atoms with van der Waals surface area (Å²) in [4.78, 5) is -0.0661. The van der Waals surface area contributed by atoms with Crippen LogP contribution in [0.3, 0.4) is 0 Å². The van der Waals surface area contributed by atoms with Crippen LogP contribution in [0.5, 0.6) is 5.75 Å². The molecule has 0 radical (unpaired) electrons. The zero-order valence-electron chi connectivity index (χ0n) is 9.56. The maximum atomic E-state index is 11.6. The molecule has 94 valence electrons. The molecule has 0 heterocycles. The molecule has 1 aromatic rings. The van der Waals surface area contributed by atoms with Crippen LogP contribution in [0.1, 0.15) is 5.56 Å². The Morgan fingerprint density at radius 3 is 2.65 bits per heavy atom. The topological polar surface area (TPSA) is 81.4 Å². The second-order valence-corrected chi connectivity index (χ2v) is 5.75. The second-order valence-electron chi connectivity index (χ2n) is 3.51. The van der Waals surface area contributed by atoms with E-state index in [9.17, 15) is 8.42 Å². The number of hydrogen-bond donors (Lipinski definition) is 2. The zero-order valence-corrected chi connectivity index (χ0v) is 11.2. The second kappa shape index (κ2) is 5.33. The van der Waals surface area contributed by atoms with Crippen LogP contribution in [0.25, 0.3) is 0 Å². The van der Waals surface area contributed by atoms with Gasteiger partial charge in [0.25, 0.3) is 0 Å². The number of methoxy groups -OCH3 is 1. The van der Waals surface area contributed by atoms with Crippen molar-refractivity contribution in [1.29, 1.82) is 0 Å². The summed E-state index contributed by atoms with van der Waals surface area (Å²) in [5, 5.41) is 0. The fraction of sp³-hybridized carbons (Fsp3) is 0.300. The number of aryl methyl sites for hydroxylation is 1. The lowest BCUT2D eigenvalue weighted by Gasteiger charge is -2.11. The number of thiocarbonyl (C=S) groups is 1. The Kier molecular flexibility index (Phi) is 4.30. The maximum Gasteiger partial charge on any atom is 0.239 e. The largest absolute Gasteiger partial charge is 0.497 e. The third-order valence-electron chi connectivity index (χ3n) is 2.03. The van der Waals surface area contributed by atoms with Gasteiger partial charge in [-0.1, -0.05) is 12.2 Å². The van der Waals surface area contributed by atoms with Crippen molar-refractivity contribution in [2.45, 2.75) is 6.92 Å². The van der Waals surface area contributed by atoms with E-state index in [2.05, 4.69) is 16.9 Å². The normalized spacial score (nSPS) is 10.9. The van der Waals surface area contributed by atoms with Crippen LogP contribution < -0.4 is 15.2 Å². The van der Waals surface area contributed by atoms with E-state index in [4.69, 9.17) is 10.5 Å². The van der Waals surface area contributed by atoms with Gasteiger partial charge < -0.3 is 10.5 Å². The van der Waals surface area contributed by atoms with Crippen LogP contribution in [-0.2, 0) is 10.0 Å². The third-order valence-corrected chi connectivity index (χ3v) is 3.58. The first-order chi connectivity index (χ1) is 7.84. The molecule has 0 aliphatic heterocycles. The lowest BCUT2D eigenvalue weighted by molar-refractivity contribution is 0.414. The molecule has 7 heteroatoms. The van der Waals surface area contributed by atoms with E-state index >= 15 is 0 Å². The molecule has 0 unspecified atom stereocenters. The average Bonchev–Trinajstić information content (AvgIpc) is 2.18. The van der Waals surface area contributed by atoms with Crippen LogP contribution in [0, 0.1) is 6.92 Å².